The average Bonchev–Trinajstić information content (AvgIpc) is 2.81. The van der Waals surface area contributed by atoms with Crippen LogP contribution in [0, 0.1) is 6.92 Å². The van der Waals surface area contributed by atoms with Gasteiger partial charge in [-0.3, -0.25) is 4.68 Å². The third-order valence-electron chi connectivity index (χ3n) is 3.64. The second-order valence-electron chi connectivity index (χ2n) is 4.96. The molecule has 1 aromatic heterocycles. The van der Waals surface area contributed by atoms with Crippen molar-refractivity contribution in [1.29, 1.82) is 0 Å². The summed E-state index contributed by atoms with van der Waals surface area (Å²) in [5, 5.41) is 7.84. The summed E-state index contributed by atoms with van der Waals surface area (Å²) in [7, 11) is 3.65. The highest BCUT2D eigenvalue weighted by Gasteiger charge is 2.20. The van der Waals surface area contributed by atoms with Crippen LogP contribution in [-0.2, 0) is 13.5 Å². The molecule has 108 valence electrons. The van der Waals surface area contributed by atoms with Crippen molar-refractivity contribution in [3.8, 4) is 5.75 Å². The van der Waals surface area contributed by atoms with E-state index in [2.05, 4.69) is 48.5 Å². The Morgan fingerprint density at radius 3 is 2.75 bits per heavy atom. The highest BCUT2D eigenvalue weighted by molar-refractivity contribution is 5.32. The van der Waals surface area contributed by atoms with E-state index in [4.69, 9.17) is 4.74 Å². The molecule has 0 saturated heterocycles. The smallest absolute Gasteiger partial charge is 0.161 e. The van der Waals surface area contributed by atoms with E-state index >= 15 is 0 Å². The van der Waals surface area contributed by atoms with Gasteiger partial charge in [-0.25, -0.2) is 0 Å². The first kappa shape index (κ1) is 14.6. The zero-order valence-corrected chi connectivity index (χ0v) is 12.7. The number of nitrogens with one attached hydrogen (secondary N) is 1. The number of aromatic nitrogens is 2. The van der Waals surface area contributed by atoms with E-state index in [9.17, 15) is 0 Å². The molecule has 4 heteroatoms. The minimum Gasteiger partial charge on any atom is -0.493 e. The molecule has 20 heavy (non-hydrogen) atoms. The number of likely N-dealkylation sites (N-methyl/N-ethyl adjacent to an activating group) is 1. The van der Waals surface area contributed by atoms with Gasteiger partial charge in [0.25, 0.3) is 0 Å². The summed E-state index contributed by atoms with van der Waals surface area (Å²) in [5.74, 6) is 0.840. The lowest BCUT2D eigenvalue weighted by molar-refractivity contribution is 0.394. The van der Waals surface area contributed by atoms with Crippen molar-refractivity contribution in [2.24, 2.45) is 7.05 Å². The van der Waals surface area contributed by atoms with Crippen LogP contribution in [0.5, 0.6) is 5.75 Å². The van der Waals surface area contributed by atoms with E-state index in [0.717, 1.165) is 24.4 Å². The highest BCUT2D eigenvalue weighted by atomic mass is 16.5. The summed E-state index contributed by atoms with van der Waals surface area (Å²) in [4.78, 5) is 0. The van der Waals surface area contributed by atoms with Gasteiger partial charge in [-0.15, -0.1) is 0 Å². The Kier molecular flexibility index (Phi) is 4.79. The molecular formula is C16H23N3O. The molecule has 0 radical (unpaired) electrons. The zero-order valence-electron chi connectivity index (χ0n) is 12.7. The van der Waals surface area contributed by atoms with E-state index in [-0.39, 0.29) is 6.04 Å². The summed E-state index contributed by atoms with van der Waals surface area (Å²) in [5.41, 5.74) is 3.76. The molecule has 1 aromatic carbocycles. The second-order valence-corrected chi connectivity index (χ2v) is 4.96. The molecule has 1 atom stereocenters. The third-order valence-corrected chi connectivity index (χ3v) is 3.64. The number of ether oxygens (including phenoxy) is 1. The van der Waals surface area contributed by atoms with E-state index in [1.807, 2.05) is 11.7 Å². The first-order valence-electron chi connectivity index (χ1n) is 7.01. The number of methoxy groups -OCH3 is 1. The largest absolute Gasteiger partial charge is 0.493 e. The van der Waals surface area contributed by atoms with Gasteiger partial charge in [0.1, 0.15) is 0 Å². The van der Waals surface area contributed by atoms with Crippen molar-refractivity contribution in [2.75, 3.05) is 13.7 Å². The van der Waals surface area contributed by atoms with Crippen LogP contribution >= 0.6 is 0 Å². The molecule has 2 aromatic rings. The molecule has 0 aliphatic carbocycles. The van der Waals surface area contributed by atoms with Gasteiger partial charge in [0, 0.05) is 7.05 Å². The van der Waals surface area contributed by atoms with Gasteiger partial charge in [0.2, 0.25) is 0 Å². The molecule has 1 N–H and O–H groups in total. The highest BCUT2D eigenvalue weighted by Crippen LogP contribution is 2.27. The van der Waals surface area contributed by atoms with Crippen LogP contribution in [0.2, 0.25) is 0 Å². The van der Waals surface area contributed by atoms with E-state index in [0.29, 0.717) is 0 Å². The molecule has 0 aliphatic heterocycles. The predicted molar refractivity (Wildman–Crippen MR) is 81.1 cm³/mol. The van der Waals surface area contributed by atoms with Crippen LogP contribution in [0.15, 0.2) is 30.5 Å². The van der Waals surface area contributed by atoms with Crippen molar-refractivity contribution in [3.05, 3.63) is 47.3 Å². The normalized spacial score (nSPS) is 12.4. The topological polar surface area (TPSA) is 39.1 Å². The summed E-state index contributed by atoms with van der Waals surface area (Å²) in [6.07, 6.45) is 2.70. The van der Waals surface area contributed by atoms with E-state index < -0.39 is 0 Å². The molecule has 1 heterocycles. The van der Waals surface area contributed by atoms with Gasteiger partial charge >= 0.3 is 0 Å². The predicted octanol–water partition coefficient (Wildman–Crippen LogP) is 2.63. The minimum absolute atomic E-state index is 0.198. The molecular weight excluding hydrogens is 250 g/mol. The van der Waals surface area contributed by atoms with Crippen LogP contribution in [0.4, 0.5) is 0 Å². The van der Waals surface area contributed by atoms with Gasteiger partial charge < -0.3 is 10.1 Å². The first-order chi connectivity index (χ1) is 9.67. The lowest BCUT2D eigenvalue weighted by atomic mass is 9.99. The Labute approximate surface area is 120 Å². The fourth-order valence-electron chi connectivity index (χ4n) is 2.55. The lowest BCUT2D eigenvalue weighted by Crippen LogP contribution is -2.26. The van der Waals surface area contributed by atoms with Gasteiger partial charge in [0.05, 0.1) is 25.0 Å². The Morgan fingerprint density at radius 1 is 1.35 bits per heavy atom. The van der Waals surface area contributed by atoms with Crippen molar-refractivity contribution in [3.63, 3.8) is 0 Å². The number of benzene rings is 1. The first-order valence-corrected chi connectivity index (χ1v) is 7.01. The Morgan fingerprint density at radius 2 is 2.10 bits per heavy atom. The molecule has 0 aliphatic rings. The maximum atomic E-state index is 5.44. The summed E-state index contributed by atoms with van der Waals surface area (Å²) >= 11 is 0. The molecule has 0 saturated carbocycles. The molecule has 2 rings (SSSR count). The lowest BCUT2D eigenvalue weighted by Gasteiger charge is -2.20. The molecule has 0 bridgehead atoms. The van der Waals surface area contributed by atoms with Gasteiger partial charge in [-0.1, -0.05) is 31.2 Å². The van der Waals surface area contributed by atoms with Crippen LogP contribution in [0.3, 0.4) is 0 Å². The minimum atomic E-state index is 0.198. The van der Waals surface area contributed by atoms with Crippen LogP contribution < -0.4 is 10.1 Å². The number of hydrogen-bond acceptors (Lipinski definition) is 3. The van der Waals surface area contributed by atoms with Gasteiger partial charge in [-0.05, 0) is 31.0 Å². The monoisotopic (exact) mass is 273 g/mol. The summed E-state index contributed by atoms with van der Waals surface area (Å²) in [6.45, 7) is 5.18. The van der Waals surface area contributed by atoms with Crippen LogP contribution in [-0.4, -0.2) is 23.4 Å². The molecule has 0 amide bonds. The van der Waals surface area contributed by atoms with E-state index in [1.165, 1.54) is 11.1 Å². The Bertz CT molecular complexity index is 563. The van der Waals surface area contributed by atoms with Crippen molar-refractivity contribution < 1.29 is 4.74 Å². The quantitative estimate of drug-likeness (QED) is 0.879. The standard InChI is InChI=1S/C16H23N3O/c1-5-17-14(10-13-9-7-6-8-12(13)2)16-15(20-4)11-18-19(16)3/h6-9,11,14,17H,5,10H2,1-4H3. The molecule has 4 nitrogen and oxygen atoms in total. The van der Waals surface area contributed by atoms with Gasteiger partial charge in [0.15, 0.2) is 5.75 Å². The third kappa shape index (κ3) is 3.02. The number of hydrogen-bond donors (Lipinski definition) is 1. The van der Waals surface area contributed by atoms with Crippen LogP contribution in [0.1, 0.15) is 29.8 Å². The summed E-state index contributed by atoms with van der Waals surface area (Å²) in [6, 6.07) is 8.70. The maximum absolute atomic E-state index is 5.44. The van der Waals surface area contributed by atoms with Crippen molar-refractivity contribution >= 4 is 0 Å². The molecule has 0 spiro atoms. The number of nitrogens with zero attached hydrogens (tertiary/aromatic N) is 2. The fourth-order valence-corrected chi connectivity index (χ4v) is 2.55. The zero-order chi connectivity index (χ0) is 14.5. The second kappa shape index (κ2) is 6.57. The summed E-state index contributed by atoms with van der Waals surface area (Å²) < 4.78 is 7.33. The van der Waals surface area contributed by atoms with Crippen molar-refractivity contribution in [1.82, 2.24) is 15.1 Å². The Balaban J connectivity index is 2.32. The SMILES string of the molecule is CCNC(Cc1ccccc1C)c1c(OC)cnn1C. The Hall–Kier alpha value is -1.81. The molecule has 1 unspecified atom stereocenters. The molecule has 0 fully saturated rings. The average molecular weight is 273 g/mol. The number of rotatable bonds is 6. The van der Waals surface area contributed by atoms with E-state index in [1.54, 1.807) is 13.3 Å². The van der Waals surface area contributed by atoms with Crippen molar-refractivity contribution in [2.45, 2.75) is 26.3 Å². The fraction of sp³-hybridized carbons (Fsp3) is 0.438. The number of aryl methyl sites for hydroxylation is 2. The van der Waals surface area contributed by atoms with Gasteiger partial charge in [-0.2, -0.15) is 5.10 Å². The maximum Gasteiger partial charge on any atom is 0.161 e. The van der Waals surface area contributed by atoms with Crippen LogP contribution in [0.25, 0.3) is 0 Å².